The third-order valence-corrected chi connectivity index (χ3v) is 2.01. The van der Waals surface area contributed by atoms with Crippen molar-refractivity contribution in [3.63, 3.8) is 0 Å². The Labute approximate surface area is 61.3 Å². The van der Waals surface area contributed by atoms with E-state index in [9.17, 15) is 0 Å². The van der Waals surface area contributed by atoms with Gasteiger partial charge in [-0.2, -0.15) is 37.9 Å². The molecule has 1 radical (unpaired) electrons. The molecule has 43 valence electrons. The SMILES string of the molecule is SC[C](CS)CS. The lowest BCUT2D eigenvalue weighted by atomic mass is 10.3. The van der Waals surface area contributed by atoms with E-state index in [0.29, 0.717) is 0 Å². The van der Waals surface area contributed by atoms with Gasteiger partial charge in [0.15, 0.2) is 0 Å². The number of thiol groups is 3. The molecule has 7 heavy (non-hydrogen) atoms. The average molecular weight is 153 g/mol. The fraction of sp³-hybridized carbons (Fsp3) is 0.750. The van der Waals surface area contributed by atoms with Gasteiger partial charge >= 0.3 is 0 Å². The van der Waals surface area contributed by atoms with Crippen LogP contribution in [0.2, 0.25) is 0 Å². The summed E-state index contributed by atoms with van der Waals surface area (Å²) >= 11 is 12.1. The number of hydrogen-bond donors (Lipinski definition) is 3. The molecule has 3 heteroatoms. The second kappa shape index (κ2) is 5.19. The van der Waals surface area contributed by atoms with Crippen molar-refractivity contribution in [2.75, 3.05) is 17.3 Å². The summed E-state index contributed by atoms with van der Waals surface area (Å²) in [5, 5.41) is 0. The Hall–Kier alpha value is 1.05. The highest BCUT2D eigenvalue weighted by molar-refractivity contribution is 7.82. The highest BCUT2D eigenvalue weighted by Gasteiger charge is 1.98. The zero-order chi connectivity index (χ0) is 5.70. The molecule has 0 aromatic heterocycles. The molecule has 0 aliphatic rings. The molecule has 0 aromatic rings. The Balaban J connectivity index is 2.99. The van der Waals surface area contributed by atoms with Crippen molar-refractivity contribution in [2.45, 2.75) is 0 Å². The number of hydrogen-bond acceptors (Lipinski definition) is 3. The summed E-state index contributed by atoms with van der Waals surface area (Å²) in [7, 11) is 0. The smallest absolute Gasteiger partial charge is 0.00467 e. The first-order valence-corrected chi connectivity index (χ1v) is 3.91. The molecule has 0 N–H and O–H groups in total. The van der Waals surface area contributed by atoms with E-state index in [1.54, 1.807) is 0 Å². The third kappa shape index (κ3) is 3.62. The third-order valence-electron chi connectivity index (χ3n) is 0.671. The predicted octanol–water partition coefficient (Wildman–Crippen LogP) is 1.35. The highest BCUT2D eigenvalue weighted by atomic mass is 32.1. The maximum Gasteiger partial charge on any atom is 0.00467 e. The van der Waals surface area contributed by atoms with Crippen LogP contribution in [0.5, 0.6) is 0 Å². The molecule has 0 atom stereocenters. The average Bonchev–Trinajstić information content (AvgIpc) is 1.72. The van der Waals surface area contributed by atoms with E-state index < -0.39 is 0 Å². The van der Waals surface area contributed by atoms with Gasteiger partial charge in [-0.25, -0.2) is 0 Å². The first-order valence-electron chi connectivity index (χ1n) is 2.01. The Kier molecular flexibility index (Phi) is 5.97. The van der Waals surface area contributed by atoms with E-state index in [1.165, 1.54) is 5.92 Å². The van der Waals surface area contributed by atoms with Crippen molar-refractivity contribution in [2.24, 2.45) is 0 Å². The summed E-state index contributed by atoms with van der Waals surface area (Å²) in [5.74, 6) is 3.71. The van der Waals surface area contributed by atoms with Gasteiger partial charge in [0, 0.05) is 5.92 Å². The molecule has 0 saturated carbocycles. The van der Waals surface area contributed by atoms with Crippen LogP contribution in [0.4, 0.5) is 0 Å². The molecular weight excluding hydrogens is 144 g/mol. The maximum atomic E-state index is 4.04. The van der Waals surface area contributed by atoms with Crippen LogP contribution in [-0.4, -0.2) is 17.3 Å². The standard InChI is InChI=1S/C4H9S3/c5-1-4(2-6)3-7/h5-7H,1-3H2. The van der Waals surface area contributed by atoms with E-state index in [1.807, 2.05) is 0 Å². The normalized spacial score (nSPS) is 10.3. The van der Waals surface area contributed by atoms with E-state index in [0.717, 1.165) is 17.3 Å². The van der Waals surface area contributed by atoms with Gasteiger partial charge in [-0.05, 0) is 17.3 Å². The van der Waals surface area contributed by atoms with E-state index in [2.05, 4.69) is 37.9 Å². The monoisotopic (exact) mass is 153 g/mol. The zero-order valence-corrected chi connectivity index (χ0v) is 6.65. The second-order valence-corrected chi connectivity index (χ2v) is 2.17. The minimum Gasteiger partial charge on any atom is -0.179 e. The molecular formula is C4H9S3. The molecule has 0 unspecified atom stereocenters. The summed E-state index contributed by atoms with van der Waals surface area (Å²) < 4.78 is 0. The van der Waals surface area contributed by atoms with Gasteiger partial charge in [0.25, 0.3) is 0 Å². The fourth-order valence-corrected chi connectivity index (χ4v) is 1.35. The summed E-state index contributed by atoms with van der Waals surface area (Å²) in [5.41, 5.74) is 0. The molecule has 0 bridgehead atoms. The minimum atomic E-state index is 0.812. The molecule has 0 nitrogen and oxygen atoms in total. The molecule has 0 rings (SSSR count). The van der Waals surface area contributed by atoms with Crippen molar-refractivity contribution >= 4 is 37.9 Å². The van der Waals surface area contributed by atoms with Gasteiger partial charge in [-0.1, -0.05) is 0 Å². The summed E-state index contributed by atoms with van der Waals surface area (Å²) in [6.07, 6.45) is 0. The summed E-state index contributed by atoms with van der Waals surface area (Å²) in [4.78, 5) is 0. The second-order valence-electron chi connectivity index (χ2n) is 1.22. The van der Waals surface area contributed by atoms with Gasteiger partial charge in [0.05, 0.1) is 0 Å². The van der Waals surface area contributed by atoms with E-state index in [-0.39, 0.29) is 0 Å². The van der Waals surface area contributed by atoms with Crippen molar-refractivity contribution in [3.05, 3.63) is 5.92 Å². The molecule has 0 saturated heterocycles. The highest BCUT2D eigenvalue weighted by Crippen LogP contribution is 2.05. The largest absolute Gasteiger partial charge is 0.179 e. The molecule has 0 aromatic carbocycles. The first-order chi connectivity index (χ1) is 3.35. The van der Waals surface area contributed by atoms with Crippen molar-refractivity contribution < 1.29 is 0 Å². The lowest BCUT2D eigenvalue weighted by molar-refractivity contribution is 1.16. The molecule has 0 amide bonds. The Morgan fingerprint density at radius 3 is 1.14 bits per heavy atom. The van der Waals surface area contributed by atoms with Crippen molar-refractivity contribution in [3.8, 4) is 0 Å². The summed E-state index contributed by atoms with van der Waals surface area (Å²) in [6, 6.07) is 0. The van der Waals surface area contributed by atoms with Gasteiger partial charge in [0.1, 0.15) is 0 Å². The maximum absolute atomic E-state index is 4.04. The van der Waals surface area contributed by atoms with Gasteiger partial charge in [-0.3, -0.25) is 0 Å². The van der Waals surface area contributed by atoms with Crippen molar-refractivity contribution in [1.82, 2.24) is 0 Å². The lowest BCUT2D eigenvalue weighted by Crippen LogP contribution is -2.01. The van der Waals surface area contributed by atoms with Crippen LogP contribution in [-0.2, 0) is 0 Å². The van der Waals surface area contributed by atoms with Gasteiger partial charge < -0.3 is 0 Å². The topological polar surface area (TPSA) is 0 Å². The molecule has 0 aliphatic heterocycles. The molecule has 0 aliphatic carbocycles. The van der Waals surface area contributed by atoms with Crippen LogP contribution >= 0.6 is 37.9 Å². The Morgan fingerprint density at radius 2 is 1.14 bits per heavy atom. The zero-order valence-electron chi connectivity index (χ0n) is 3.96. The Morgan fingerprint density at radius 1 is 0.857 bits per heavy atom. The quantitative estimate of drug-likeness (QED) is 0.501. The molecule has 0 fully saturated rings. The summed E-state index contributed by atoms with van der Waals surface area (Å²) in [6.45, 7) is 0. The first kappa shape index (κ1) is 8.05. The van der Waals surface area contributed by atoms with Crippen LogP contribution in [0, 0.1) is 5.92 Å². The Bertz CT molecular complexity index is 28.4. The van der Waals surface area contributed by atoms with Crippen LogP contribution < -0.4 is 0 Å². The molecule has 0 spiro atoms. The fourth-order valence-electron chi connectivity index (χ4n) is 0.150. The predicted molar refractivity (Wildman–Crippen MR) is 44.8 cm³/mol. The molecule has 0 heterocycles. The van der Waals surface area contributed by atoms with E-state index in [4.69, 9.17) is 0 Å². The van der Waals surface area contributed by atoms with Gasteiger partial charge in [0.2, 0.25) is 0 Å². The van der Waals surface area contributed by atoms with Crippen molar-refractivity contribution in [1.29, 1.82) is 0 Å². The number of rotatable bonds is 3. The van der Waals surface area contributed by atoms with Crippen LogP contribution in [0.1, 0.15) is 0 Å². The van der Waals surface area contributed by atoms with Crippen LogP contribution in [0.3, 0.4) is 0 Å². The minimum absolute atomic E-state index is 0.812. The van der Waals surface area contributed by atoms with Gasteiger partial charge in [-0.15, -0.1) is 0 Å². The lowest BCUT2D eigenvalue weighted by Gasteiger charge is -2.02. The van der Waals surface area contributed by atoms with Crippen LogP contribution in [0.15, 0.2) is 0 Å². The van der Waals surface area contributed by atoms with E-state index >= 15 is 0 Å². The van der Waals surface area contributed by atoms with Crippen LogP contribution in [0.25, 0.3) is 0 Å².